The molecule has 2 aromatic rings. The van der Waals surface area contributed by atoms with Crippen molar-refractivity contribution in [3.05, 3.63) is 58.7 Å². The molecule has 1 amide bonds. The van der Waals surface area contributed by atoms with Crippen molar-refractivity contribution in [3.8, 4) is 17.9 Å². The van der Waals surface area contributed by atoms with Gasteiger partial charge in [0.15, 0.2) is 0 Å². The summed E-state index contributed by atoms with van der Waals surface area (Å²) < 4.78 is 5.10. The fourth-order valence-electron chi connectivity index (χ4n) is 1.88. The number of nitrogens with one attached hydrogen (secondary N) is 2. The predicted octanol–water partition coefficient (Wildman–Crippen LogP) is 3.16. The van der Waals surface area contributed by atoms with Gasteiger partial charge in [-0.3, -0.25) is 5.43 Å². The first kappa shape index (κ1) is 15.9. The molecule has 0 saturated heterocycles. The highest BCUT2D eigenvalue weighted by atomic mass is 16.6. The van der Waals surface area contributed by atoms with Crippen molar-refractivity contribution in [1.82, 2.24) is 5.43 Å². The fourth-order valence-corrected chi connectivity index (χ4v) is 1.88. The van der Waals surface area contributed by atoms with E-state index in [9.17, 15) is 4.79 Å². The number of nitriles is 2. The van der Waals surface area contributed by atoms with Gasteiger partial charge in [-0.25, -0.2) is 10.2 Å². The molecule has 0 aliphatic heterocycles. The van der Waals surface area contributed by atoms with Crippen LogP contribution in [0.1, 0.15) is 22.3 Å². The number of hydrazine groups is 1. The smallest absolute Gasteiger partial charge is 0.409 e. The zero-order valence-electron chi connectivity index (χ0n) is 12.7. The molecule has 0 unspecified atom stereocenters. The molecule has 6 nitrogen and oxygen atoms in total. The molecule has 23 heavy (non-hydrogen) atoms. The minimum Gasteiger partial charge on any atom is -0.409 e. The van der Waals surface area contributed by atoms with Crippen LogP contribution in [0.5, 0.6) is 5.75 Å². The average Bonchev–Trinajstić information content (AvgIpc) is 2.55. The Morgan fingerprint density at radius 2 is 1.65 bits per heavy atom. The molecule has 0 aromatic heterocycles. The monoisotopic (exact) mass is 306 g/mol. The van der Waals surface area contributed by atoms with Crippen molar-refractivity contribution in [1.29, 1.82) is 10.5 Å². The Kier molecular flexibility index (Phi) is 4.81. The Balaban J connectivity index is 2.03. The average molecular weight is 306 g/mol. The van der Waals surface area contributed by atoms with Crippen molar-refractivity contribution in [2.45, 2.75) is 13.8 Å². The van der Waals surface area contributed by atoms with Crippen LogP contribution in [0, 0.1) is 36.5 Å². The van der Waals surface area contributed by atoms with Gasteiger partial charge in [0.25, 0.3) is 0 Å². The Morgan fingerprint density at radius 3 is 2.26 bits per heavy atom. The van der Waals surface area contributed by atoms with E-state index in [2.05, 4.69) is 10.9 Å². The number of benzene rings is 2. The predicted molar refractivity (Wildman–Crippen MR) is 84.6 cm³/mol. The highest BCUT2D eigenvalue weighted by Crippen LogP contribution is 2.19. The second kappa shape index (κ2) is 6.97. The van der Waals surface area contributed by atoms with E-state index in [1.165, 1.54) is 6.07 Å². The number of carbonyl (C=O) groups excluding carboxylic acids is 1. The lowest BCUT2D eigenvalue weighted by molar-refractivity contribution is 0.203. The molecule has 0 heterocycles. The van der Waals surface area contributed by atoms with Gasteiger partial charge in [0, 0.05) is 0 Å². The van der Waals surface area contributed by atoms with Gasteiger partial charge in [-0.05, 0) is 43.7 Å². The van der Waals surface area contributed by atoms with Gasteiger partial charge in [0.05, 0.1) is 16.8 Å². The van der Waals surface area contributed by atoms with E-state index in [0.29, 0.717) is 11.4 Å². The summed E-state index contributed by atoms with van der Waals surface area (Å²) in [4.78, 5) is 11.7. The molecular weight excluding hydrogens is 292 g/mol. The zero-order valence-corrected chi connectivity index (χ0v) is 12.7. The number of carbonyl (C=O) groups is 1. The summed E-state index contributed by atoms with van der Waals surface area (Å²) >= 11 is 0. The van der Waals surface area contributed by atoms with Crippen LogP contribution in [0.4, 0.5) is 10.5 Å². The van der Waals surface area contributed by atoms with Crippen molar-refractivity contribution in [2.75, 3.05) is 5.43 Å². The van der Waals surface area contributed by atoms with E-state index < -0.39 is 6.09 Å². The third kappa shape index (κ3) is 3.99. The quantitative estimate of drug-likeness (QED) is 0.849. The van der Waals surface area contributed by atoms with E-state index in [-0.39, 0.29) is 11.1 Å². The summed E-state index contributed by atoms with van der Waals surface area (Å²) in [6, 6.07) is 14.0. The van der Waals surface area contributed by atoms with Crippen LogP contribution in [-0.4, -0.2) is 6.09 Å². The summed E-state index contributed by atoms with van der Waals surface area (Å²) in [6.07, 6.45) is -0.684. The summed E-state index contributed by atoms with van der Waals surface area (Å²) in [5, 5.41) is 18.0. The number of nitrogens with zero attached hydrogens (tertiary/aromatic N) is 2. The van der Waals surface area contributed by atoms with Gasteiger partial charge >= 0.3 is 6.09 Å². The van der Waals surface area contributed by atoms with Crippen molar-refractivity contribution in [3.63, 3.8) is 0 Å². The first-order chi connectivity index (χ1) is 11.0. The molecule has 2 aromatic carbocycles. The third-order valence-corrected chi connectivity index (χ3v) is 3.14. The molecule has 0 radical (unpaired) electrons. The molecule has 2 rings (SSSR count). The Labute approximate surface area is 133 Å². The minimum atomic E-state index is -0.684. The molecule has 2 N–H and O–H groups in total. The maximum absolute atomic E-state index is 11.7. The van der Waals surface area contributed by atoms with Crippen molar-refractivity contribution in [2.24, 2.45) is 0 Å². The summed E-state index contributed by atoms with van der Waals surface area (Å²) in [7, 11) is 0. The zero-order chi connectivity index (χ0) is 16.8. The number of aryl methyl sites for hydroxylation is 2. The molecule has 0 saturated carbocycles. The summed E-state index contributed by atoms with van der Waals surface area (Å²) in [5.41, 5.74) is 7.89. The topological polar surface area (TPSA) is 97.9 Å². The number of ether oxygens (including phenoxy) is 1. The largest absolute Gasteiger partial charge is 0.431 e. The van der Waals surface area contributed by atoms with Crippen LogP contribution >= 0.6 is 0 Å². The number of hydrogen-bond acceptors (Lipinski definition) is 5. The molecule has 0 aliphatic rings. The Hall–Kier alpha value is -3.51. The maximum atomic E-state index is 11.7. The van der Waals surface area contributed by atoms with Crippen LogP contribution in [0.3, 0.4) is 0 Å². The van der Waals surface area contributed by atoms with Crippen LogP contribution in [-0.2, 0) is 0 Å². The van der Waals surface area contributed by atoms with E-state index in [0.717, 1.165) is 11.1 Å². The van der Waals surface area contributed by atoms with E-state index in [4.69, 9.17) is 15.3 Å². The normalized spacial score (nSPS) is 9.39. The summed E-state index contributed by atoms with van der Waals surface area (Å²) in [5.74, 6) is 0.421. The standard InChI is InChI=1S/C17H14N4O2/c1-11-3-5-15(6-4-11)23-17(22)21-20-16-8-14(10-19)13(9-18)7-12(16)2/h3-8,20H,1-2H3,(H,21,22). The minimum absolute atomic E-state index is 0.231. The highest BCUT2D eigenvalue weighted by molar-refractivity contribution is 5.73. The lowest BCUT2D eigenvalue weighted by atomic mass is 10.0. The van der Waals surface area contributed by atoms with Crippen LogP contribution in [0.25, 0.3) is 0 Å². The fraction of sp³-hybridized carbons (Fsp3) is 0.118. The lowest BCUT2D eigenvalue weighted by Gasteiger charge is -2.12. The molecular formula is C17H14N4O2. The number of amides is 1. The highest BCUT2D eigenvalue weighted by Gasteiger charge is 2.09. The van der Waals surface area contributed by atoms with Gasteiger partial charge < -0.3 is 4.74 Å². The molecule has 6 heteroatoms. The second-order valence-electron chi connectivity index (χ2n) is 4.89. The molecule has 114 valence electrons. The Bertz CT molecular complexity index is 814. The lowest BCUT2D eigenvalue weighted by Crippen LogP contribution is -2.32. The maximum Gasteiger partial charge on any atom is 0.431 e. The van der Waals surface area contributed by atoms with Crippen LogP contribution in [0.2, 0.25) is 0 Å². The van der Waals surface area contributed by atoms with E-state index in [1.54, 1.807) is 25.1 Å². The van der Waals surface area contributed by atoms with Gasteiger partial charge in [-0.1, -0.05) is 17.7 Å². The molecule has 0 fully saturated rings. The van der Waals surface area contributed by atoms with Gasteiger partial charge in [0.2, 0.25) is 0 Å². The van der Waals surface area contributed by atoms with E-state index in [1.807, 2.05) is 31.2 Å². The Morgan fingerprint density at radius 1 is 1.04 bits per heavy atom. The summed E-state index contributed by atoms with van der Waals surface area (Å²) in [6.45, 7) is 3.70. The van der Waals surface area contributed by atoms with E-state index >= 15 is 0 Å². The second-order valence-corrected chi connectivity index (χ2v) is 4.89. The first-order valence-electron chi connectivity index (χ1n) is 6.79. The molecule has 0 aliphatic carbocycles. The number of hydrogen-bond donors (Lipinski definition) is 2. The third-order valence-electron chi connectivity index (χ3n) is 3.14. The molecule has 0 atom stereocenters. The van der Waals surface area contributed by atoms with Gasteiger partial charge in [-0.15, -0.1) is 0 Å². The van der Waals surface area contributed by atoms with Crippen LogP contribution < -0.4 is 15.6 Å². The molecule has 0 bridgehead atoms. The van der Waals surface area contributed by atoms with Gasteiger partial charge in [-0.2, -0.15) is 10.5 Å². The van der Waals surface area contributed by atoms with Crippen molar-refractivity contribution < 1.29 is 9.53 Å². The van der Waals surface area contributed by atoms with Crippen LogP contribution in [0.15, 0.2) is 36.4 Å². The van der Waals surface area contributed by atoms with Gasteiger partial charge in [0.1, 0.15) is 17.9 Å². The first-order valence-corrected chi connectivity index (χ1v) is 6.79. The van der Waals surface area contributed by atoms with Crippen molar-refractivity contribution >= 4 is 11.8 Å². The molecule has 0 spiro atoms. The number of rotatable bonds is 3. The number of anilines is 1. The SMILES string of the molecule is Cc1ccc(OC(=O)NNc2cc(C#N)c(C#N)cc2C)cc1.